The number of ether oxygens (including phenoxy) is 1. The quantitative estimate of drug-likeness (QED) is 0.869. The molecule has 1 aromatic carbocycles. The number of methoxy groups -OCH3 is 1. The maximum absolute atomic E-state index is 5.65. The number of hydrogen-bond acceptors (Lipinski definition) is 4. The summed E-state index contributed by atoms with van der Waals surface area (Å²) in [6.45, 7) is 4.11. The summed E-state index contributed by atoms with van der Waals surface area (Å²) in [6.07, 6.45) is 0. The van der Waals surface area contributed by atoms with E-state index in [0.29, 0.717) is 5.82 Å². The van der Waals surface area contributed by atoms with Gasteiger partial charge in [-0.25, -0.2) is 4.98 Å². The van der Waals surface area contributed by atoms with Crippen LogP contribution in [0.4, 0.5) is 5.82 Å². The van der Waals surface area contributed by atoms with Gasteiger partial charge in [-0.1, -0.05) is 6.07 Å². The maximum Gasteiger partial charge on any atom is 0.135 e. The molecule has 0 saturated carbocycles. The van der Waals surface area contributed by atoms with E-state index in [4.69, 9.17) is 10.5 Å². The second-order valence-electron chi connectivity index (χ2n) is 3.74. The van der Waals surface area contributed by atoms with Gasteiger partial charge in [0.1, 0.15) is 16.6 Å². The molecular weight excluding hydrogens is 220 g/mol. The molecule has 0 saturated heterocycles. The zero-order valence-electron chi connectivity index (χ0n) is 9.57. The molecule has 2 aromatic rings. The third-order valence-corrected chi connectivity index (χ3v) is 3.28. The number of aryl methyl sites for hydroxylation is 2. The van der Waals surface area contributed by atoms with Crippen molar-refractivity contribution in [1.29, 1.82) is 0 Å². The molecule has 0 aliphatic heterocycles. The number of thiazole rings is 1. The fraction of sp³-hybridized carbons (Fsp3) is 0.250. The molecule has 0 spiro atoms. The number of nitrogen functional groups attached to an aromatic ring is 1. The summed E-state index contributed by atoms with van der Waals surface area (Å²) in [5, 5.41) is 2.75. The molecule has 1 aromatic heterocycles. The minimum Gasteiger partial charge on any atom is -0.496 e. The van der Waals surface area contributed by atoms with Crippen LogP contribution in [0, 0.1) is 13.8 Å². The Morgan fingerprint density at radius 3 is 2.62 bits per heavy atom. The largest absolute Gasteiger partial charge is 0.496 e. The van der Waals surface area contributed by atoms with E-state index in [1.165, 1.54) is 16.9 Å². The average Bonchev–Trinajstić information content (AvgIpc) is 2.63. The summed E-state index contributed by atoms with van der Waals surface area (Å²) < 4.78 is 5.40. The molecule has 0 amide bonds. The van der Waals surface area contributed by atoms with Crippen LogP contribution in [0.2, 0.25) is 0 Å². The fourth-order valence-electron chi connectivity index (χ4n) is 1.76. The number of rotatable bonds is 2. The van der Waals surface area contributed by atoms with Crippen LogP contribution in [0.3, 0.4) is 0 Å². The summed E-state index contributed by atoms with van der Waals surface area (Å²) in [4.78, 5) is 4.30. The number of aromatic nitrogens is 1. The first-order valence-electron chi connectivity index (χ1n) is 4.98. The van der Waals surface area contributed by atoms with Crippen LogP contribution >= 0.6 is 11.3 Å². The van der Waals surface area contributed by atoms with Crippen LogP contribution < -0.4 is 10.5 Å². The van der Waals surface area contributed by atoms with Gasteiger partial charge in [0.05, 0.1) is 12.7 Å². The van der Waals surface area contributed by atoms with Crippen LogP contribution in [0.5, 0.6) is 5.75 Å². The van der Waals surface area contributed by atoms with Gasteiger partial charge in [0.15, 0.2) is 0 Å². The van der Waals surface area contributed by atoms with E-state index in [1.807, 2.05) is 11.4 Å². The first-order valence-corrected chi connectivity index (χ1v) is 5.86. The Bertz CT molecular complexity index is 520. The molecular formula is C12H14N2OS. The molecule has 0 bridgehead atoms. The lowest BCUT2D eigenvalue weighted by Gasteiger charge is -2.10. The molecule has 84 valence electrons. The zero-order valence-corrected chi connectivity index (χ0v) is 10.4. The number of benzene rings is 1. The Balaban J connectivity index is 2.63. The molecule has 0 atom stereocenters. The van der Waals surface area contributed by atoms with E-state index < -0.39 is 0 Å². The lowest BCUT2D eigenvalue weighted by molar-refractivity contribution is 0.416. The molecule has 1 heterocycles. The van der Waals surface area contributed by atoms with Gasteiger partial charge in [0.2, 0.25) is 0 Å². The van der Waals surface area contributed by atoms with E-state index in [9.17, 15) is 0 Å². The van der Waals surface area contributed by atoms with Crippen molar-refractivity contribution in [1.82, 2.24) is 4.98 Å². The van der Waals surface area contributed by atoms with Crippen LogP contribution in [-0.4, -0.2) is 12.1 Å². The molecule has 0 radical (unpaired) electrons. The molecule has 0 unspecified atom stereocenters. The number of nitrogens with two attached hydrogens (primary N) is 1. The minimum atomic E-state index is 0.557. The number of nitrogens with zero attached hydrogens (tertiary/aromatic N) is 1. The van der Waals surface area contributed by atoms with Crippen LogP contribution in [0.25, 0.3) is 10.6 Å². The van der Waals surface area contributed by atoms with Crippen molar-refractivity contribution in [3.63, 3.8) is 0 Å². The molecule has 2 rings (SSSR count). The number of anilines is 1. The average molecular weight is 234 g/mol. The second-order valence-corrected chi connectivity index (χ2v) is 4.59. The summed E-state index contributed by atoms with van der Waals surface area (Å²) in [6, 6.07) is 4.13. The van der Waals surface area contributed by atoms with Gasteiger partial charge in [0.25, 0.3) is 0 Å². The smallest absolute Gasteiger partial charge is 0.135 e. The van der Waals surface area contributed by atoms with E-state index in [2.05, 4.69) is 24.9 Å². The molecule has 4 heteroatoms. The molecule has 0 aliphatic carbocycles. The van der Waals surface area contributed by atoms with E-state index in [0.717, 1.165) is 21.9 Å². The van der Waals surface area contributed by atoms with Gasteiger partial charge in [0, 0.05) is 5.38 Å². The Labute approximate surface area is 98.9 Å². The van der Waals surface area contributed by atoms with Crippen molar-refractivity contribution in [2.24, 2.45) is 0 Å². The Kier molecular flexibility index (Phi) is 2.83. The van der Waals surface area contributed by atoms with Gasteiger partial charge >= 0.3 is 0 Å². The van der Waals surface area contributed by atoms with E-state index in [-0.39, 0.29) is 0 Å². The summed E-state index contributed by atoms with van der Waals surface area (Å²) >= 11 is 1.54. The molecule has 3 nitrogen and oxygen atoms in total. The summed E-state index contributed by atoms with van der Waals surface area (Å²) in [5.74, 6) is 1.41. The highest BCUT2D eigenvalue weighted by Crippen LogP contribution is 2.36. The number of hydrogen-bond donors (Lipinski definition) is 1. The topological polar surface area (TPSA) is 48.1 Å². The maximum atomic E-state index is 5.65. The third kappa shape index (κ3) is 1.88. The lowest BCUT2D eigenvalue weighted by Crippen LogP contribution is -1.93. The first-order chi connectivity index (χ1) is 7.61. The Morgan fingerprint density at radius 2 is 2.06 bits per heavy atom. The van der Waals surface area contributed by atoms with E-state index >= 15 is 0 Å². The first kappa shape index (κ1) is 11.0. The Morgan fingerprint density at radius 1 is 1.31 bits per heavy atom. The van der Waals surface area contributed by atoms with Crippen LogP contribution in [-0.2, 0) is 0 Å². The van der Waals surface area contributed by atoms with Crippen molar-refractivity contribution in [3.8, 4) is 16.3 Å². The molecule has 16 heavy (non-hydrogen) atoms. The van der Waals surface area contributed by atoms with Gasteiger partial charge in [-0.2, -0.15) is 0 Å². The van der Waals surface area contributed by atoms with Gasteiger partial charge < -0.3 is 10.5 Å². The highest BCUT2D eigenvalue weighted by atomic mass is 32.1. The monoisotopic (exact) mass is 234 g/mol. The van der Waals surface area contributed by atoms with Crippen molar-refractivity contribution >= 4 is 17.2 Å². The SMILES string of the molecule is COc1cc(C)cc(C)c1-c1nc(N)cs1. The molecule has 2 N–H and O–H groups in total. The van der Waals surface area contributed by atoms with Gasteiger partial charge in [-0.15, -0.1) is 11.3 Å². The highest BCUT2D eigenvalue weighted by Gasteiger charge is 2.13. The normalized spacial score (nSPS) is 10.4. The second kappa shape index (κ2) is 4.14. The standard InChI is InChI=1S/C12H14N2OS/c1-7-4-8(2)11(9(5-7)15-3)12-14-10(13)6-16-12/h4-6H,13H2,1-3H3. The molecule has 0 aliphatic rings. The third-order valence-electron chi connectivity index (χ3n) is 2.40. The fourth-order valence-corrected chi connectivity index (χ4v) is 2.59. The zero-order chi connectivity index (χ0) is 11.7. The lowest BCUT2D eigenvalue weighted by atomic mass is 10.0. The summed E-state index contributed by atoms with van der Waals surface area (Å²) in [5.41, 5.74) is 9.02. The predicted octanol–water partition coefficient (Wildman–Crippen LogP) is 3.02. The minimum absolute atomic E-state index is 0.557. The van der Waals surface area contributed by atoms with Gasteiger partial charge in [-0.05, 0) is 31.0 Å². The van der Waals surface area contributed by atoms with Crippen molar-refractivity contribution in [3.05, 3.63) is 28.6 Å². The van der Waals surface area contributed by atoms with Gasteiger partial charge in [-0.3, -0.25) is 0 Å². The van der Waals surface area contributed by atoms with Crippen LogP contribution in [0.15, 0.2) is 17.5 Å². The van der Waals surface area contributed by atoms with Crippen molar-refractivity contribution < 1.29 is 4.74 Å². The van der Waals surface area contributed by atoms with E-state index in [1.54, 1.807) is 7.11 Å². The van der Waals surface area contributed by atoms with Crippen molar-refractivity contribution in [2.75, 3.05) is 12.8 Å². The van der Waals surface area contributed by atoms with Crippen LogP contribution in [0.1, 0.15) is 11.1 Å². The van der Waals surface area contributed by atoms with Crippen molar-refractivity contribution in [2.45, 2.75) is 13.8 Å². The predicted molar refractivity (Wildman–Crippen MR) is 68.0 cm³/mol. The highest BCUT2D eigenvalue weighted by molar-refractivity contribution is 7.13. The molecule has 0 fully saturated rings. The Hall–Kier alpha value is -1.55. The summed E-state index contributed by atoms with van der Waals surface area (Å²) in [7, 11) is 1.68.